The van der Waals surface area contributed by atoms with Crippen LogP contribution in [0.5, 0.6) is 5.75 Å². The monoisotopic (exact) mass is 491 g/mol. The van der Waals surface area contributed by atoms with Crippen LogP contribution in [0.3, 0.4) is 0 Å². The molecule has 0 radical (unpaired) electrons. The minimum atomic E-state index is -0.0529. The molecule has 0 unspecified atom stereocenters. The van der Waals surface area contributed by atoms with Gasteiger partial charge in [-0.25, -0.2) is 0 Å². The number of aryl methyl sites for hydroxylation is 1. The van der Waals surface area contributed by atoms with Gasteiger partial charge in [0.25, 0.3) is 0 Å². The van der Waals surface area contributed by atoms with Crippen LogP contribution in [-0.4, -0.2) is 38.6 Å². The maximum Gasteiger partial charge on any atom is 0.194 e. The summed E-state index contributed by atoms with van der Waals surface area (Å²) in [6.45, 7) is 2.03. The number of hydrogen-bond acceptors (Lipinski definition) is 5. The van der Waals surface area contributed by atoms with E-state index in [1.165, 1.54) is 0 Å². The highest BCUT2D eigenvalue weighted by Crippen LogP contribution is 2.28. The summed E-state index contributed by atoms with van der Waals surface area (Å²) in [6, 6.07) is 27.3. The lowest BCUT2D eigenvalue weighted by Crippen LogP contribution is -2.20. The van der Waals surface area contributed by atoms with Gasteiger partial charge in [0.05, 0.1) is 7.11 Å². The van der Waals surface area contributed by atoms with Gasteiger partial charge in [-0.15, -0.1) is 0 Å². The van der Waals surface area contributed by atoms with Crippen molar-refractivity contribution in [3.05, 3.63) is 130 Å². The molecule has 186 valence electrons. The Balaban J connectivity index is 0.000000173. The molecule has 0 N–H and O–H groups in total. The Hall–Kier alpha value is -4.51. The zero-order chi connectivity index (χ0) is 26.5. The lowest BCUT2D eigenvalue weighted by molar-refractivity contribution is 0.0979. The number of ether oxygens (including phenoxy) is 1. The molecular formula is C32H29NO4. The first-order chi connectivity index (χ1) is 17.8. The minimum absolute atomic E-state index is 0.0213. The molecule has 0 saturated carbocycles. The first kappa shape index (κ1) is 25.6. The standard InChI is InChI=1S/C16H17NO2.C16H12O2/c1-17(2)14-8-4-12(5-9-14)16(18)13-6-10-15(19-3)11-7-13;1-2-10-7-8-13-14(9-10)16(18)12-6-4-3-5-11(12)15(13)17/h4-11H,1-3H3;3-9H,2H2,1H3. The Kier molecular flexibility index (Phi) is 7.63. The van der Waals surface area contributed by atoms with E-state index in [-0.39, 0.29) is 17.3 Å². The summed E-state index contributed by atoms with van der Waals surface area (Å²) in [4.78, 5) is 38.9. The van der Waals surface area contributed by atoms with Gasteiger partial charge < -0.3 is 9.64 Å². The van der Waals surface area contributed by atoms with E-state index < -0.39 is 0 Å². The van der Waals surface area contributed by atoms with E-state index in [0.29, 0.717) is 33.4 Å². The molecule has 4 aromatic carbocycles. The second-order valence-corrected chi connectivity index (χ2v) is 8.94. The summed E-state index contributed by atoms with van der Waals surface area (Å²) >= 11 is 0. The molecule has 0 amide bonds. The largest absolute Gasteiger partial charge is 0.497 e. The van der Waals surface area contributed by atoms with Crippen LogP contribution in [0.25, 0.3) is 0 Å². The van der Waals surface area contributed by atoms with Gasteiger partial charge >= 0.3 is 0 Å². The second-order valence-electron chi connectivity index (χ2n) is 8.94. The predicted molar refractivity (Wildman–Crippen MR) is 146 cm³/mol. The van der Waals surface area contributed by atoms with E-state index in [2.05, 4.69) is 0 Å². The van der Waals surface area contributed by atoms with Gasteiger partial charge in [-0.05, 0) is 66.6 Å². The smallest absolute Gasteiger partial charge is 0.194 e. The summed E-state index contributed by atoms with van der Waals surface area (Å²) in [5.74, 6) is 0.672. The summed E-state index contributed by atoms with van der Waals surface area (Å²) < 4.78 is 5.08. The molecule has 0 heterocycles. The van der Waals surface area contributed by atoms with Crippen LogP contribution in [0, 0.1) is 0 Å². The van der Waals surface area contributed by atoms with E-state index in [4.69, 9.17) is 4.74 Å². The lowest BCUT2D eigenvalue weighted by Gasteiger charge is -2.17. The van der Waals surface area contributed by atoms with Crippen molar-refractivity contribution in [3.8, 4) is 5.75 Å². The predicted octanol–water partition coefficient (Wildman–Crippen LogP) is 6.02. The molecule has 0 bridgehead atoms. The van der Waals surface area contributed by atoms with Crippen molar-refractivity contribution < 1.29 is 19.1 Å². The van der Waals surface area contributed by atoms with Gasteiger partial charge in [-0.2, -0.15) is 0 Å². The van der Waals surface area contributed by atoms with E-state index in [9.17, 15) is 14.4 Å². The fraction of sp³-hybridized carbons (Fsp3) is 0.156. The number of carbonyl (C=O) groups excluding carboxylic acids is 3. The number of rotatable bonds is 5. The van der Waals surface area contributed by atoms with E-state index in [1.807, 2.05) is 62.3 Å². The molecule has 5 heteroatoms. The van der Waals surface area contributed by atoms with Gasteiger partial charge in [-0.1, -0.05) is 43.3 Å². The fourth-order valence-corrected chi connectivity index (χ4v) is 4.19. The SMILES string of the molecule is CCc1ccc2c(c1)C(=O)c1ccccc1C2=O.COc1ccc(C(=O)c2ccc(N(C)C)cc2)cc1. The number of fused-ring (bicyclic) bond motifs is 2. The summed E-state index contributed by atoms with van der Waals surface area (Å²) in [5.41, 5.74) is 5.60. The zero-order valence-electron chi connectivity index (χ0n) is 21.4. The number of ketones is 3. The highest BCUT2D eigenvalue weighted by molar-refractivity contribution is 6.28. The minimum Gasteiger partial charge on any atom is -0.497 e. The van der Waals surface area contributed by atoms with Crippen molar-refractivity contribution in [2.24, 2.45) is 0 Å². The molecule has 5 nitrogen and oxygen atoms in total. The Labute approximate surface area is 217 Å². The molecule has 4 aromatic rings. The molecule has 0 aromatic heterocycles. The molecule has 0 atom stereocenters. The van der Waals surface area contributed by atoms with Crippen LogP contribution < -0.4 is 9.64 Å². The number of anilines is 1. The van der Waals surface area contributed by atoms with Crippen LogP contribution in [0.4, 0.5) is 5.69 Å². The molecular weight excluding hydrogens is 462 g/mol. The summed E-state index contributed by atoms with van der Waals surface area (Å²) in [6.07, 6.45) is 0.858. The Morgan fingerprint density at radius 1 is 0.703 bits per heavy atom. The van der Waals surface area contributed by atoms with Crippen LogP contribution >= 0.6 is 0 Å². The average molecular weight is 492 g/mol. The van der Waals surface area contributed by atoms with E-state index in [0.717, 1.165) is 23.4 Å². The van der Waals surface area contributed by atoms with Gasteiger partial charge in [0, 0.05) is 53.2 Å². The van der Waals surface area contributed by atoms with Crippen LogP contribution in [0.1, 0.15) is 60.3 Å². The molecule has 1 aliphatic rings. The fourth-order valence-electron chi connectivity index (χ4n) is 4.19. The third kappa shape index (κ3) is 5.36. The molecule has 0 aliphatic heterocycles. The number of benzene rings is 4. The van der Waals surface area contributed by atoms with E-state index in [1.54, 1.807) is 61.7 Å². The van der Waals surface area contributed by atoms with Crippen molar-refractivity contribution in [1.29, 1.82) is 0 Å². The Morgan fingerprint density at radius 2 is 1.22 bits per heavy atom. The average Bonchev–Trinajstić information content (AvgIpc) is 2.95. The third-order valence-corrected chi connectivity index (χ3v) is 6.40. The van der Waals surface area contributed by atoms with Crippen molar-refractivity contribution in [3.63, 3.8) is 0 Å². The van der Waals surface area contributed by atoms with Crippen LogP contribution in [-0.2, 0) is 6.42 Å². The molecule has 37 heavy (non-hydrogen) atoms. The van der Waals surface area contributed by atoms with E-state index >= 15 is 0 Å². The number of carbonyl (C=O) groups is 3. The molecule has 0 spiro atoms. The van der Waals surface area contributed by atoms with Crippen LogP contribution in [0.15, 0.2) is 91.0 Å². The van der Waals surface area contributed by atoms with Gasteiger partial charge in [0.2, 0.25) is 0 Å². The summed E-state index contributed by atoms with van der Waals surface area (Å²) in [5, 5.41) is 0. The normalized spacial score (nSPS) is 11.6. The summed E-state index contributed by atoms with van der Waals surface area (Å²) in [7, 11) is 5.55. The van der Waals surface area contributed by atoms with Crippen molar-refractivity contribution in [1.82, 2.24) is 0 Å². The van der Waals surface area contributed by atoms with Crippen molar-refractivity contribution >= 4 is 23.0 Å². The van der Waals surface area contributed by atoms with Crippen molar-refractivity contribution in [2.45, 2.75) is 13.3 Å². The first-order valence-electron chi connectivity index (χ1n) is 12.1. The molecule has 0 fully saturated rings. The highest BCUT2D eigenvalue weighted by Gasteiger charge is 2.29. The van der Waals surface area contributed by atoms with Gasteiger partial charge in [0.1, 0.15) is 5.75 Å². The van der Waals surface area contributed by atoms with Crippen molar-refractivity contribution in [2.75, 3.05) is 26.1 Å². The zero-order valence-corrected chi connectivity index (χ0v) is 21.4. The lowest BCUT2D eigenvalue weighted by atomic mass is 9.83. The molecule has 5 rings (SSSR count). The Morgan fingerprint density at radius 3 is 1.73 bits per heavy atom. The maximum atomic E-state index is 12.4. The van der Waals surface area contributed by atoms with Gasteiger partial charge in [0.15, 0.2) is 17.3 Å². The molecule has 1 aliphatic carbocycles. The van der Waals surface area contributed by atoms with Crippen LogP contribution in [0.2, 0.25) is 0 Å². The number of nitrogens with zero attached hydrogens (tertiary/aromatic N) is 1. The quantitative estimate of drug-likeness (QED) is 0.282. The highest BCUT2D eigenvalue weighted by atomic mass is 16.5. The second kappa shape index (κ2) is 11.0. The number of hydrogen-bond donors (Lipinski definition) is 0. The first-order valence-corrected chi connectivity index (χ1v) is 12.1. The molecule has 0 saturated heterocycles. The Bertz CT molecular complexity index is 1450. The van der Waals surface area contributed by atoms with Gasteiger partial charge in [-0.3, -0.25) is 14.4 Å². The topological polar surface area (TPSA) is 63.7 Å². The number of methoxy groups -OCH3 is 1. The third-order valence-electron chi connectivity index (χ3n) is 6.40. The maximum absolute atomic E-state index is 12.4.